The number of nitrogens with one attached hydrogen (secondary N) is 2. The van der Waals surface area contributed by atoms with Crippen LogP contribution in [0.1, 0.15) is 17.7 Å². The molecule has 0 saturated carbocycles. The summed E-state index contributed by atoms with van der Waals surface area (Å²) < 4.78 is 2.03. The summed E-state index contributed by atoms with van der Waals surface area (Å²) in [4.78, 5) is 16.2. The molecule has 2 N–H and O–H groups in total. The van der Waals surface area contributed by atoms with Crippen molar-refractivity contribution < 1.29 is 4.79 Å². The number of carbonyl (C=O) groups excluding carboxylic acids is 1. The minimum absolute atomic E-state index is 0.0933. The van der Waals surface area contributed by atoms with Crippen LogP contribution in [0.3, 0.4) is 0 Å². The summed E-state index contributed by atoms with van der Waals surface area (Å²) in [6.07, 6.45) is 5.05. The van der Waals surface area contributed by atoms with Crippen LogP contribution in [0, 0.1) is 6.92 Å². The molecule has 0 spiro atoms. The number of aromatic nitrogens is 2. The van der Waals surface area contributed by atoms with Gasteiger partial charge in [0.25, 0.3) is 0 Å². The number of hydrogen-bond acceptors (Lipinski definition) is 4. The SMILES string of the molecule is CNCCCNC(=O)CSCc1cn2cc(C)ccc2n1. The molecule has 2 heterocycles. The maximum Gasteiger partial charge on any atom is 0.230 e. The van der Waals surface area contributed by atoms with Gasteiger partial charge >= 0.3 is 0 Å². The molecule has 0 aliphatic rings. The molecule has 5 nitrogen and oxygen atoms in total. The second kappa shape index (κ2) is 8.05. The first-order chi connectivity index (χ1) is 10.2. The highest BCUT2D eigenvalue weighted by molar-refractivity contribution is 7.99. The van der Waals surface area contributed by atoms with Crippen LogP contribution in [0.2, 0.25) is 0 Å². The first kappa shape index (κ1) is 15.9. The molecule has 0 aliphatic heterocycles. The Morgan fingerprint density at radius 2 is 2.19 bits per heavy atom. The van der Waals surface area contributed by atoms with Gasteiger partial charge in [-0.2, -0.15) is 0 Å². The molecule has 21 heavy (non-hydrogen) atoms. The number of hydrogen-bond donors (Lipinski definition) is 2. The zero-order chi connectivity index (χ0) is 15.1. The lowest BCUT2D eigenvalue weighted by atomic mass is 10.3. The Labute approximate surface area is 129 Å². The van der Waals surface area contributed by atoms with Crippen molar-refractivity contribution in [1.82, 2.24) is 20.0 Å². The molecule has 0 radical (unpaired) electrons. The van der Waals surface area contributed by atoms with Crippen molar-refractivity contribution in [2.24, 2.45) is 0 Å². The van der Waals surface area contributed by atoms with E-state index in [0.717, 1.165) is 36.6 Å². The van der Waals surface area contributed by atoms with Crippen LogP contribution in [-0.4, -0.2) is 41.2 Å². The van der Waals surface area contributed by atoms with Crippen molar-refractivity contribution in [1.29, 1.82) is 0 Å². The van der Waals surface area contributed by atoms with E-state index in [1.807, 2.05) is 23.7 Å². The van der Waals surface area contributed by atoms with Crippen LogP contribution in [-0.2, 0) is 10.5 Å². The first-order valence-corrected chi connectivity index (χ1v) is 8.28. The summed E-state index contributed by atoms with van der Waals surface area (Å²) in [6.45, 7) is 3.72. The predicted molar refractivity (Wildman–Crippen MR) is 87.6 cm³/mol. The van der Waals surface area contributed by atoms with E-state index in [0.29, 0.717) is 5.75 Å². The van der Waals surface area contributed by atoms with Crippen molar-refractivity contribution in [2.75, 3.05) is 25.9 Å². The van der Waals surface area contributed by atoms with Crippen LogP contribution in [0.5, 0.6) is 0 Å². The van der Waals surface area contributed by atoms with Gasteiger partial charge in [0, 0.05) is 24.7 Å². The van der Waals surface area contributed by atoms with Crippen molar-refractivity contribution in [2.45, 2.75) is 19.1 Å². The van der Waals surface area contributed by atoms with E-state index in [1.165, 1.54) is 5.56 Å². The fourth-order valence-electron chi connectivity index (χ4n) is 2.02. The second-order valence-electron chi connectivity index (χ2n) is 5.00. The summed E-state index contributed by atoms with van der Waals surface area (Å²) >= 11 is 1.59. The smallest absolute Gasteiger partial charge is 0.230 e. The van der Waals surface area contributed by atoms with E-state index in [1.54, 1.807) is 11.8 Å². The van der Waals surface area contributed by atoms with Crippen LogP contribution in [0.15, 0.2) is 24.5 Å². The molecule has 0 bridgehead atoms. The maximum absolute atomic E-state index is 11.6. The summed E-state index contributed by atoms with van der Waals surface area (Å²) in [6, 6.07) is 4.07. The predicted octanol–water partition coefficient (Wildman–Crippen LogP) is 1.60. The average molecular weight is 306 g/mol. The van der Waals surface area contributed by atoms with Crippen molar-refractivity contribution in [3.8, 4) is 0 Å². The Hall–Kier alpha value is -1.53. The number of carbonyl (C=O) groups is 1. The minimum Gasteiger partial charge on any atom is -0.355 e. The topological polar surface area (TPSA) is 58.4 Å². The molecular weight excluding hydrogens is 284 g/mol. The van der Waals surface area contributed by atoms with Gasteiger partial charge in [-0.05, 0) is 38.6 Å². The zero-order valence-electron chi connectivity index (χ0n) is 12.6. The molecule has 0 aliphatic carbocycles. The average Bonchev–Trinajstić information content (AvgIpc) is 2.85. The maximum atomic E-state index is 11.6. The van der Waals surface area contributed by atoms with Gasteiger partial charge in [-0.3, -0.25) is 4.79 Å². The van der Waals surface area contributed by atoms with Gasteiger partial charge in [0.2, 0.25) is 5.91 Å². The number of nitrogens with zero attached hydrogens (tertiary/aromatic N) is 2. The Morgan fingerprint density at radius 3 is 3.00 bits per heavy atom. The van der Waals surface area contributed by atoms with Gasteiger partial charge in [-0.15, -0.1) is 11.8 Å². The molecule has 2 rings (SSSR count). The summed E-state index contributed by atoms with van der Waals surface area (Å²) in [5.74, 6) is 1.33. The lowest BCUT2D eigenvalue weighted by Gasteiger charge is -2.04. The molecular formula is C15H22N4OS. The third kappa shape index (κ3) is 5.06. The Bertz CT molecular complexity index is 596. The van der Waals surface area contributed by atoms with Crippen molar-refractivity contribution >= 4 is 23.3 Å². The van der Waals surface area contributed by atoms with Crippen molar-refractivity contribution in [3.05, 3.63) is 35.8 Å². The highest BCUT2D eigenvalue weighted by atomic mass is 32.2. The normalized spacial score (nSPS) is 11.0. The molecule has 0 aromatic carbocycles. The number of rotatable bonds is 8. The molecule has 2 aromatic heterocycles. The standard InChI is InChI=1S/C15H22N4OS/c1-12-4-5-14-18-13(9-19(14)8-12)10-21-11-15(20)17-7-3-6-16-2/h4-5,8-9,16H,3,6-7,10-11H2,1-2H3,(H,17,20). The number of fused-ring (bicyclic) bond motifs is 1. The summed E-state index contributed by atoms with van der Waals surface area (Å²) in [5, 5.41) is 5.97. The number of imidazole rings is 1. The minimum atomic E-state index is 0.0933. The summed E-state index contributed by atoms with van der Waals surface area (Å²) in [5.41, 5.74) is 3.17. The van der Waals surface area contributed by atoms with Gasteiger partial charge in [-0.1, -0.05) is 6.07 Å². The van der Waals surface area contributed by atoms with E-state index in [4.69, 9.17) is 0 Å². The van der Waals surface area contributed by atoms with Gasteiger partial charge in [0.15, 0.2) is 0 Å². The molecule has 0 unspecified atom stereocenters. The third-order valence-electron chi connectivity index (χ3n) is 3.06. The second-order valence-corrected chi connectivity index (χ2v) is 5.99. The van der Waals surface area contributed by atoms with Gasteiger partial charge in [0.1, 0.15) is 5.65 Å². The molecule has 114 valence electrons. The molecule has 2 aromatic rings. The number of amides is 1. The molecule has 0 saturated heterocycles. The van der Waals surface area contributed by atoms with Crippen LogP contribution in [0.25, 0.3) is 5.65 Å². The van der Waals surface area contributed by atoms with E-state index >= 15 is 0 Å². The monoisotopic (exact) mass is 306 g/mol. The molecule has 6 heteroatoms. The lowest BCUT2D eigenvalue weighted by Crippen LogP contribution is -2.28. The van der Waals surface area contributed by atoms with Gasteiger partial charge in [-0.25, -0.2) is 4.98 Å². The largest absolute Gasteiger partial charge is 0.355 e. The van der Waals surface area contributed by atoms with Crippen LogP contribution in [0.4, 0.5) is 0 Å². The van der Waals surface area contributed by atoms with E-state index < -0.39 is 0 Å². The molecule has 1 amide bonds. The van der Waals surface area contributed by atoms with Gasteiger partial charge < -0.3 is 15.0 Å². The molecule has 0 atom stereocenters. The molecule has 0 fully saturated rings. The first-order valence-electron chi connectivity index (χ1n) is 7.12. The highest BCUT2D eigenvalue weighted by Gasteiger charge is 2.04. The Morgan fingerprint density at radius 1 is 1.33 bits per heavy atom. The van der Waals surface area contributed by atoms with Crippen LogP contribution < -0.4 is 10.6 Å². The Balaban J connectivity index is 1.73. The fraction of sp³-hybridized carbons (Fsp3) is 0.467. The Kier molecular flexibility index (Phi) is 6.07. The third-order valence-corrected chi connectivity index (χ3v) is 4.02. The summed E-state index contributed by atoms with van der Waals surface area (Å²) in [7, 11) is 1.91. The van der Waals surface area contributed by atoms with Crippen molar-refractivity contribution in [3.63, 3.8) is 0 Å². The lowest BCUT2D eigenvalue weighted by molar-refractivity contribution is -0.118. The fourth-order valence-corrected chi connectivity index (χ4v) is 2.76. The van der Waals surface area contributed by atoms with E-state index in [2.05, 4.69) is 34.8 Å². The number of thioether (sulfide) groups is 1. The van der Waals surface area contributed by atoms with E-state index in [-0.39, 0.29) is 5.91 Å². The number of aryl methyl sites for hydroxylation is 1. The van der Waals surface area contributed by atoms with E-state index in [9.17, 15) is 4.79 Å². The van der Waals surface area contributed by atoms with Gasteiger partial charge in [0.05, 0.1) is 11.4 Å². The number of pyridine rings is 1. The quantitative estimate of drug-likeness (QED) is 0.727. The zero-order valence-corrected chi connectivity index (χ0v) is 13.4. The van der Waals surface area contributed by atoms with Crippen LogP contribution >= 0.6 is 11.8 Å². The highest BCUT2D eigenvalue weighted by Crippen LogP contribution is 2.13.